The number of rotatable bonds is 4. The second-order valence-corrected chi connectivity index (χ2v) is 5.76. The maximum absolute atomic E-state index is 12.5. The third-order valence-corrected chi connectivity index (χ3v) is 3.99. The Labute approximate surface area is 135 Å². The molecule has 0 saturated carbocycles. The highest BCUT2D eigenvalue weighted by atomic mass is 16.6. The summed E-state index contributed by atoms with van der Waals surface area (Å²) in [6.07, 6.45) is 0. The van der Waals surface area contributed by atoms with Crippen LogP contribution in [0.3, 0.4) is 0 Å². The van der Waals surface area contributed by atoms with Crippen molar-refractivity contribution in [3.8, 4) is 0 Å². The number of hydrogen-bond acceptors (Lipinski definition) is 3. The van der Waals surface area contributed by atoms with Gasteiger partial charge in [-0.2, -0.15) is 0 Å². The average molecular weight is 312 g/mol. The van der Waals surface area contributed by atoms with E-state index >= 15 is 0 Å². The SMILES string of the molecule is Cc1ccc(C(C)NC(=O)c2cccc([N+](=O)[O-])c2C)c(C)c1. The lowest BCUT2D eigenvalue weighted by Gasteiger charge is -2.18. The lowest BCUT2D eigenvalue weighted by atomic mass is 9.99. The predicted octanol–water partition coefficient (Wildman–Crippen LogP) is 4.01. The summed E-state index contributed by atoms with van der Waals surface area (Å²) >= 11 is 0. The summed E-state index contributed by atoms with van der Waals surface area (Å²) < 4.78 is 0. The number of carbonyl (C=O) groups is 1. The minimum absolute atomic E-state index is 0.0446. The number of nitro benzene ring substituents is 1. The first-order valence-corrected chi connectivity index (χ1v) is 7.43. The zero-order valence-electron chi connectivity index (χ0n) is 13.7. The molecule has 0 heterocycles. The Morgan fingerprint density at radius 3 is 2.48 bits per heavy atom. The first-order chi connectivity index (χ1) is 10.8. The molecule has 0 bridgehead atoms. The largest absolute Gasteiger partial charge is 0.345 e. The highest BCUT2D eigenvalue weighted by Gasteiger charge is 2.19. The molecule has 0 saturated heterocycles. The van der Waals surface area contributed by atoms with Crippen LogP contribution in [0.15, 0.2) is 36.4 Å². The first-order valence-electron chi connectivity index (χ1n) is 7.43. The van der Waals surface area contributed by atoms with Gasteiger partial charge in [-0.25, -0.2) is 0 Å². The Bertz CT molecular complexity index is 769. The summed E-state index contributed by atoms with van der Waals surface area (Å²) in [5.41, 5.74) is 3.97. The van der Waals surface area contributed by atoms with Crippen LogP contribution in [-0.4, -0.2) is 10.8 Å². The van der Waals surface area contributed by atoms with Crippen LogP contribution in [0.4, 0.5) is 5.69 Å². The molecular formula is C18H20N2O3. The summed E-state index contributed by atoms with van der Waals surface area (Å²) in [7, 11) is 0. The van der Waals surface area contributed by atoms with Gasteiger partial charge < -0.3 is 5.32 Å². The Morgan fingerprint density at radius 2 is 1.87 bits per heavy atom. The molecule has 0 spiro atoms. The van der Waals surface area contributed by atoms with Gasteiger partial charge in [-0.3, -0.25) is 14.9 Å². The zero-order chi connectivity index (χ0) is 17.1. The van der Waals surface area contributed by atoms with Crippen LogP contribution >= 0.6 is 0 Å². The predicted molar refractivity (Wildman–Crippen MR) is 89.6 cm³/mol. The summed E-state index contributed by atoms with van der Waals surface area (Å²) in [6.45, 7) is 7.52. The van der Waals surface area contributed by atoms with Crippen LogP contribution in [0.1, 0.15) is 45.6 Å². The summed E-state index contributed by atoms with van der Waals surface area (Å²) in [5.74, 6) is -0.307. The molecular weight excluding hydrogens is 292 g/mol. The van der Waals surface area contributed by atoms with E-state index in [0.717, 1.165) is 11.1 Å². The van der Waals surface area contributed by atoms with Crippen molar-refractivity contribution in [1.82, 2.24) is 5.32 Å². The van der Waals surface area contributed by atoms with Crippen LogP contribution in [0.25, 0.3) is 0 Å². The number of nitrogens with zero attached hydrogens (tertiary/aromatic N) is 1. The maximum atomic E-state index is 12.5. The van der Waals surface area contributed by atoms with E-state index in [-0.39, 0.29) is 17.6 Å². The van der Waals surface area contributed by atoms with Crippen molar-refractivity contribution in [2.45, 2.75) is 33.7 Å². The monoisotopic (exact) mass is 312 g/mol. The van der Waals surface area contributed by atoms with Gasteiger partial charge in [0.1, 0.15) is 0 Å². The fraction of sp³-hybridized carbons (Fsp3) is 0.278. The van der Waals surface area contributed by atoms with Gasteiger partial charge in [0.05, 0.1) is 11.0 Å². The number of nitro groups is 1. The second kappa shape index (κ2) is 6.60. The fourth-order valence-electron chi connectivity index (χ4n) is 2.73. The number of benzene rings is 2. The Hall–Kier alpha value is -2.69. The Balaban J connectivity index is 2.25. The third-order valence-electron chi connectivity index (χ3n) is 3.99. The van der Waals surface area contributed by atoms with Gasteiger partial charge in [-0.05, 0) is 44.9 Å². The number of nitrogens with one attached hydrogen (secondary N) is 1. The lowest BCUT2D eigenvalue weighted by molar-refractivity contribution is -0.385. The fourth-order valence-corrected chi connectivity index (χ4v) is 2.73. The number of amides is 1. The average Bonchev–Trinajstić information content (AvgIpc) is 2.46. The molecule has 0 radical (unpaired) electrons. The van der Waals surface area contributed by atoms with E-state index in [0.29, 0.717) is 11.1 Å². The lowest BCUT2D eigenvalue weighted by Crippen LogP contribution is -2.27. The minimum atomic E-state index is -0.473. The van der Waals surface area contributed by atoms with Crippen LogP contribution in [0, 0.1) is 30.9 Å². The smallest absolute Gasteiger partial charge is 0.273 e. The van der Waals surface area contributed by atoms with Crippen LogP contribution in [-0.2, 0) is 0 Å². The zero-order valence-corrected chi connectivity index (χ0v) is 13.7. The number of hydrogen-bond donors (Lipinski definition) is 1. The molecule has 23 heavy (non-hydrogen) atoms. The van der Waals surface area contributed by atoms with Gasteiger partial charge in [0.15, 0.2) is 0 Å². The Morgan fingerprint density at radius 1 is 1.17 bits per heavy atom. The van der Waals surface area contributed by atoms with Crippen LogP contribution < -0.4 is 5.32 Å². The molecule has 1 unspecified atom stereocenters. The normalized spacial score (nSPS) is 11.8. The third kappa shape index (κ3) is 3.56. The highest BCUT2D eigenvalue weighted by molar-refractivity contribution is 5.96. The Kier molecular flexibility index (Phi) is 4.79. The van der Waals surface area contributed by atoms with E-state index < -0.39 is 4.92 Å². The summed E-state index contributed by atoms with van der Waals surface area (Å²) in [5, 5.41) is 13.9. The molecule has 5 heteroatoms. The molecule has 1 N–H and O–H groups in total. The molecule has 5 nitrogen and oxygen atoms in total. The van der Waals surface area contributed by atoms with Gasteiger partial charge >= 0.3 is 0 Å². The molecule has 0 aliphatic carbocycles. The molecule has 0 aliphatic rings. The van der Waals surface area contributed by atoms with Crippen molar-refractivity contribution < 1.29 is 9.72 Å². The quantitative estimate of drug-likeness (QED) is 0.685. The van der Waals surface area contributed by atoms with Crippen molar-refractivity contribution >= 4 is 11.6 Å². The molecule has 2 aromatic carbocycles. The number of aryl methyl sites for hydroxylation is 2. The van der Waals surface area contributed by atoms with Gasteiger partial charge in [-0.1, -0.05) is 29.8 Å². The first kappa shape index (κ1) is 16.7. The van der Waals surface area contributed by atoms with Crippen molar-refractivity contribution in [1.29, 1.82) is 0 Å². The minimum Gasteiger partial charge on any atom is -0.345 e. The van der Waals surface area contributed by atoms with Gasteiger partial charge in [-0.15, -0.1) is 0 Å². The highest BCUT2D eigenvalue weighted by Crippen LogP contribution is 2.23. The van der Waals surface area contributed by atoms with Crippen molar-refractivity contribution in [3.63, 3.8) is 0 Å². The van der Waals surface area contributed by atoms with Gasteiger partial charge in [0.2, 0.25) is 0 Å². The molecule has 1 amide bonds. The molecule has 2 aromatic rings. The van der Waals surface area contributed by atoms with E-state index in [4.69, 9.17) is 0 Å². The maximum Gasteiger partial charge on any atom is 0.273 e. The van der Waals surface area contributed by atoms with E-state index in [1.165, 1.54) is 17.7 Å². The molecule has 0 fully saturated rings. The second-order valence-electron chi connectivity index (χ2n) is 5.76. The molecule has 0 aromatic heterocycles. The van der Waals surface area contributed by atoms with E-state index in [1.807, 2.05) is 32.9 Å². The van der Waals surface area contributed by atoms with Crippen molar-refractivity contribution in [2.24, 2.45) is 0 Å². The van der Waals surface area contributed by atoms with Crippen LogP contribution in [0.5, 0.6) is 0 Å². The van der Waals surface area contributed by atoms with E-state index in [9.17, 15) is 14.9 Å². The van der Waals surface area contributed by atoms with Crippen molar-refractivity contribution in [3.05, 3.63) is 74.3 Å². The summed E-state index contributed by atoms with van der Waals surface area (Å²) in [4.78, 5) is 23.0. The van der Waals surface area contributed by atoms with Gasteiger partial charge in [0.25, 0.3) is 11.6 Å². The van der Waals surface area contributed by atoms with E-state index in [2.05, 4.69) is 11.4 Å². The molecule has 120 valence electrons. The molecule has 1 atom stereocenters. The van der Waals surface area contributed by atoms with Gasteiger partial charge in [0, 0.05) is 17.2 Å². The molecule has 0 aliphatic heterocycles. The topological polar surface area (TPSA) is 72.2 Å². The summed E-state index contributed by atoms with van der Waals surface area (Å²) in [6, 6.07) is 10.4. The van der Waals surface area contributed by atoms with E-state index in [1.54, 1.807) is 13.0 Å². The number of carbonyl (C=O) groups excluding carboxylic acids is 1. The van der Waals surface area contributed by atoms with Crippen molar-refractivity contribution in [2.75, 3.05) is 0 Å². The molecule has 2 rings (SSSR count). The van der Waals surface area contributed by atoms with Crippen LogP contribution in [0.2, 0.25) is 0 Å². The standard InChI is InChI=1S/C18H20N2O3/c1-11-8-9-15(12(2)10-11)14(4)19-18(21)16-6-5-7-17(13(16)3)20(22)23/h5-10,14H,1-4H3,(H,19,21).